The Balaban J connectivity index is 1.58. The lowest BCUT2D eigenvalue weighted by atomic mass is 10.2. The van der Waals surface area contributed by atoms with Gasteiger partial charge in [0.25, 0.3) is 5.91 Å². The minimum Gasteiger partial charge on any atom is -0.350 e. The van der Waals surface area contributed by atoms with E-state index in [4.69, 9.17) is 0 Å². The van der Waals surface area contributed by atoms with Crippen LogP contribution in [0.25, 0.3) is 0 Å². The number of para-hydroxylation sites is 1. The highest BCUT2D eigenvalue weighted by atomic mass is 19.1. The predicted molar refractivity (Wildman–Crippen MR) is 92.4 cm³/mol. The van der Waals surface area contributed by atoms with E-state index < -0.39 is 6.17 Å². The van der Waals surface area contributed by atoms with Crippen LogP contribution in [0.5, 0.6) is 0 Å². The first-order valence-electron chi connectivity index (χ1n) is 8.04. The molecule has 2 atom stereocenters. The maximum atomic E-state index is 13.1. The summed E-state index contributed by atoms with van der Waals surface area (Å²) in [5, 5.41) is 5.86. The number of nitrogens with zero attached hydrogens (tertiary/aromatic N) is 2. The van der Waals surface area contributed by atoms with Crippen molar-refractivity contribution in [1.29, 1.82) is 0 Å². The molecular formula is C18H21FN4O. The van der Waals surface area contributed by atoms with Crippen LogP contribution in [-0.4, -0.2) is 43.2 Å². The third-order valence-corrected chi connectivity index (χ3v) is 4.17. The van der Waals surface area contributed by atoms with Crippen LogP contribution in [0.3, 0.4) is 0 Å². The van der Waals surface area contributed by atoms with E-state index in [2.05, 4.69) is 15.6 Å². The average molecular weight is 328 g/mol. The minimum absolute atomic E-state index is 0.000367. The summed E-state index contributed by atoms with van der Waals surface area (Å²) in [5.74, 6) is 0.566. The summed E-state index contributed by atoms with van der Waals surface area (Å²) in [6.07, 6.45) is 1.19. The van der Waals surface area contributed by atoms with Gasteiger partial charge in [-0.1, -0.05) is 18.2 Å². The number of carbonyl (C=O) groups excluding carboxylic acids is 1. The first kappa shape index (κ1) is 16.4. The standard InChI is InChI=1S/C18H21FN4O/c1-23(16-5-3-2-4-6-16)17-8-7-13(10-21-17)18(24)22-12-15-9-14(19)11-20-15/h2-8,10,14-15,20H,9,11-12H2,1H3,(H,22,24)/t14-,15-/m0/s1. The zero-order valence-corrected chi connectivity index (χ0v) is 13.6. The van der Waals surface area contributed by atoms with Crippen LogP contribution in [0.2, 0.25) is 0 Å². The molecule has 5 nitrogen and oxygen atoms in total. The van der Waals surface area contributed by atoms with Gasteiger partial charge in [0.05, 0.1) is 5.56 Å². The topological polar surface area (TPSA) is 57.3 Å². The van der Waals surface area contributed by atoms with E-state index in [0.717, 1.165) is 11.5 Å². The van der Waals surface area contributed by atoms with Crippen molar-refractivity contribution in [3.63, 3.8) is 0 Å². The molecule has 2 heterocycles. The Hall–Kier alpha value is -2.47. The fourth-order valence-corrected chi connectivity index (χ4v) is 2.75. The molecule has 1 amide bonds. The van der Waals surface area contributed by atoms with Gasteiger partial charge in [0, 0.05) is 38.1 Å². The third kappa shape index (κ3) is 3.89. The van der Waals surface area contributed by atoms with Crippen LogP contribution in [0.1, 0.15) is 16.8 Å². The molecule has 24 heavy (non-hydrogen) atoms. The van der Waals surface area contributed by atoms with Gasteiger partial charge in [0.1, 0.15) is 12.0 Å². The molecule has 1 aromatic carbocycles. The lowest BCUT2D eigenvalue weighted by molar-refractivity contribution is 0.0949. The number of hydrogen-bond acceptors (Lipinski definition) is 4. The van der Waals surface area contributed by atoms with E-state index >= 15 is 0 Å². The summed E-state index contributed by atoms with van der Waals surface area (Å²) in [6.45, 7) is 0.785. The van der Waals surface area contributed by atoms with Crippen LogP contribution in [0.4, 0.5) is 15.9 Å². The molecule has 0 bridgehead atoms. The zero-order valence-electron chi connectivity index (χ0n) is 13.6. The summed E-state index contributed by atoms with van der Waals surface area (Å²) < 4.78 is 13.1. The largest absolute Gasteiger partial charge is 0.350 e. The average Bonchev–Trinajstić information content (AvgIpc) is 3.05. The molecule has 1 aromatic heterocycles. The predicted octanol–water partition coefficient (Wildman–Crippen LogP) is 2.28. The van der Waals surface area contributed by atoms with Crippen molar-refractivity contribution in [3.05, 3.63) is 54.2 Å². The second-order valence-corrected chi connectivity index (χ2v) is 5.95. The lowest BCUT2D eigenvalue weighted by Crippen LogP contribution is -2.37. The van der Waals surface area contributed by atoms with Crippen LogP contribution >= 0.6 is 0 Å². The Morgan fingerprint density at radius 2 is 2.12 bits per heavy atom. The normalized spacial score (nSPS) is 19.9. The molecule has 2 N–H and O–H groups in total. The van der Waals surface area contributed by atoms with Gasteiger partial charge >= 0.3 is 0 Å². The summed E-state index contributed by atoms with van der Waals surface area (Å²) in [7, 11) is 1.93. The monoisotopic (exact) mass is 328 g/mol. The molecule has 0 saturated carbocycles. The SMILES string of the molecule is CN(c1ccccc1)c1ccc(C(=O)NC[C@@H]2C[C@H](F)CN2)cn1. The van der Waals surface area contributed by atoms with Crippen LogP contribution in [0, 0.1) is 0 Å². The highest BCUT2D eigenvalue weighted by molar-refractivity contribution is 5.94. The van der Waals surface area contributed by atoms with Crippen molar-refractivity contribution in [1.82, 2.24) is 15.6 Å². The molecule has 0 radical (unpaired) electrons. The highest BCUT2D eigenvalue weighted by Crippen LogP contribution is 2.20. The van der Waals surface area contributed by atoms with Crippen molar-refractivity contribution >= 4 is 17.4 Å². The number of halogens is 1. The van der Waals surface area contributed by atoms with Crippen molar-refractivity contribution in [2.45, 2.75) is 18.6 Å². The zero-order chi connectivity index (χ0) is 16.9. The van der Waals surface area contributed by atoms with Crippen LogP contribution in [0.15, 0.2) is 48.7 Å². The second-order valence-electron chi connectivity index (χ2n) is 5.95. The maximum absolute atomic E-state index is 13.1. The molecule has 6 heteroatoms. The quantitative estimate of drug-likeness (QED) is 0.884. The molecule has 3 rings (SSSR count). The van der Waals surface area contributed by atoms with Crippen molar-refractivity contribution < 1.29 is 9.18 Å². The molecule has 1 aliphatic rings. The number of pyridine rings is 1. The van der Waals surface area contributed by atoms with E-state index in [9.17, 15) is 9.18 Å². The summed E-state index contributed by atoms with van der Waals surface area (Å²) in [6, 6.07) is 13.4. The number of amides is 1. The van der Waals surface area contributed by atoms with Gasteiger partial charge in [-0.05, 0) is 30.7 Å². The summed E-state index contributed by atoms with van der Waals surface area (Å²) in [5.41, 5.74) is 1.52. The number of benzene rings is 1. The summed E-state index contributed by atoms with van der Waals surface area (Å²) in [4.78, 5) is 18.5. The Morgan fingerprint density at radius 1 is 1.33 bits per heavy atom. The smallest absolute Gasteiger partial charge is 0.252 e. The van der Waals surface area contributed by atoms with Gasteiger partial charge in [-0.3, -0.25) is 4.79 Å². The molecule has 1 fully saturated rings. The summed E-state index contributed by atoms with van der Waals surface area (Å²) >= 11 is 0. The number of rotatable bonds is 5. The van der Waals surface area contributed by atoms with Gasteiger partial charge in [-0.2, -0.15) is 0 Å². The first-order chi connectivity index (χ1) is 11.6. The van der Waals surface area contributed by atoms with E-state index in [1.54, 1.807) is 12.3 Å². The van der Waals surface area contributed by atoms with Gasteiger partial charge in [0.15, 0.2) is 0 Å². The van der Waals surface area contributed by atoms with E-state index in [-0.39, 0.29) is 11.9 Å². The lowest BCUT2D eigenvalue weighted by Gasteiger charge is -2.18. The molecule has 1 aliphatic heterocycles. The molecule has 126 valence electrons. The van der Waals surface area contributed by atoms with Crippen molar-refractivity contribution in [2.24, 2.45) is 0 Å². The number of anilines is 2. The maximum Gasteiger partial charge on any atom is 0.252 e. The fraction of sp³-hybridized carbons (Fsp3) is 0.333. The molecule has 0 spiro atoms. The third-order valence-electron chi connectivity index (χ3n) is 4.17. The van der Waals surface area contributed by atoms with Crippen LogP contribution in [-0.2, 0) is 0 Å². The Kier molecular flexibility index (Phi) is 5.05. The van der Waals surface area contributed by atoms with Crippen molar-refractivity contribution in [3.8, 4) is 0 Å². The number of hydrogen-bond donors (Lipinski definition) is 2. The highest BCUT2D eigenvalue weighted by Gasteiger charge is 2.23. The number of aromatic nitrogens is 1. The molecule has 0 aliphatic carbocycles. The van der Waals surface area contributed by atoms with Crippen LogP contribution < -0.4 is 15.5 Å². The van der Waals surface area contributed by atoms with Crippen molar-refractivity contribution in [2.75, 3.05) is 25.0 Å². The van der Waals surface area contributed by atoms with Gasteiger partial charge < -0.3 is 15.5 Å². The Bertz CT molecular complexity index is 677. The number of alkyl halides is 1. The number of carbonyl (C=O) groups is 1. The molecule has 1 saturated heterocycles. The fourth-order valence-electron chi connectivity index (χ4n) is 2.75. The molecular weight excluding hydrogens is 307 g/mol. The molecule has 0 unspecified atom stereocenters. The Morgan fingerprint density at radius 3 is 2.75 bits per heavy atom. The van der Waals surface area contributed by atoms with Gasteiger partial charge in [0.2, 0.25) is 0 Å². The minimum atomic E-state index is -0.818. The van der Waals surface area contributed by atoms with E-state index in [0.29, 0.717) is 25.1 Å². The van der Waals surface area contributed by atoms with Gasteiger partial charge in [-0.25, -0.2) is 9.37 Å². The van der Waals surface area contributed by atoms with E-state index in [1.807, 2.05) is 48.3 Å². The first-order valence-corrected chi connectivity index (χ1v) is 8.04. The number of nitrogens with one attached hydrogen (secondary N) is 2. The Labute approximate surface area is 140 Å². The van der Waals surface area contributed by atoms with E-state index in [1.165, 1.54) is 0 Å². The molecule has 2 aromatic rings. The van der Waals surface area contributed by atoms with Gasteiger partial charge in [-0.15, -0.1) is 0 Å². The second kappa shape index (κ2) is 7.40.